The number of carbonyl (C=O) groups excluding carboxylic acids is 2. The summed E-state index contributed by atoms with van der Waals surface area (Å²) in [6.45, 7) is 3.97. The molecule has 1 aliphatic heterocycles. The topological polar surface area (TPSA) is 108 Å². The summed E-state index contributed by atoms with van der Waals surface area (Å²) in [5.41, 5.74) is 5.45. The number of aromatic nitrogens is 2. The Kier molecular flexibility index (Phi) is 6.04. The van der Waals surface area contributed by atoms with E-state index < -0.39 is 11.3 Å². The molecule has 3 heterocycles. The molecule has 0 spiro atoms. The second-order valence-corrected chi connectivity index (χ2v) is 9.09. The normalized spacial score (nSPS) is 14.4. The van der Waals surface area contributed by atoms with Crippen LogP contribution in [0, 0.1) is 0 Å². The second kappa shape index (κ2) is 9.03. The SMILES string of the molecule is C=C(COc1ccc2nc3c(c4c2c1CCC4)Cn1c-3cc(C(O)C=O)c(COC)c1=O)C(=O)Cl. The van der Waals surface area contributed by atoms with Crippen molar-refractivity contribution in [2.24, 2.45) is 0 Å². The number of fused-ring (bicyclic) bond motifs is 4. The monoisotopic (exact) mass is 494 g/mol. The second-order valence-electron chi connectivity index (χ2n) is 8.74. The maximum Gasteiger partial charge on any atom is 0.257 e. The molecule has 3 aromatic rings. The molecule has 0 bridgehead atoms. The molecule has 180 valence electrons. The molecule has 5 rings (SSSR count). The van der Waals surface area contributed by atoms with Gasteiger partial charge in [-0.25, -0.2) is 4.98 Å². The highest BCUT2D eigenvalue weighted by molar-refractivity contribution is 6.67. The van der Waals surface area contributed by atoms with Gasteiger partial charge in [-0.1, -0.05) is 6.58 Å². The van der Waals surface area contributed by atoms with Gasteiger partial charge in [0.15, 0.2) is 6.29 Å². The third-order valence-corrected chi connectivity index (χ3v) is 6.96. The summed E-state index contributed by atoms with van der Waals surface area (Å²) in [5.74, 6) is 0.658. The molecule has 1 aliphatic carbocycles. The van der Waals surface area contributed by atoms with Crippen LogP contribution in [0.25, 0.3) is 22.3 Å². The van der Waals surface area contributed by atoms with Gasteiger partial charge in [-0.2, -0.15) is 0 Å². The molecule has 8 nitrogen and oxygen atoms in total. The van der Waals surface area contributed by atoms with Gasteiger partial charge in [0.25, 0.3) is 10.8 Å². The molecule has 35 heavy (non-hydrogen) atoms. The van der Waals surface area contributed by atoms with Crippen LogP contribution in [0.15, 0.2) is 35.1 Å². The summed E-state index contributed by atoms with van der Waals surface area (Å²) in [6.07, 6.45) is 1.48. The summed E-state index contributed by atoms with van der Waals surface area (Å²) in [5, 5.41) is 10.6. The number of halogens is 1. The zero-order chi connectivity index (χ0) is 24.9. The Morgan fingerprint density at radius 1 is 1.31 bits per heavy atom. The molecule has 1 unspecified atom stereocenters. The molecular formula is C26H23ClN2O6. The first-order valence-electron chi connectivity index (χ1n) is 11.2. The lowest BCUT2D eigenvalue weighted by molar-refractivity contribution is -0.115. The summed E-state index contributed by atoms with van der Waals surface area (Å²) in [6, 6.07) is 5.35. The van der Waals surface area contributed by atoms with E-state index in [1.54, 1.807) is 10.6 Å². The van der Waals surface area contributed by atoms with E-state index in [9.17, 15) is 19.5 Å². The minimum atomic E-state index is -1.43. The lowest BCUT2D eigenvalue weighted by Gasteiger charge is -2.22. The molecule has 0 fully saturated rings. The van der Waals surface area contributed by atoms with Gasteiger partial charge < -0.3 is 23.9 Å². The van der Waals surface area contributed by atoms with Crippen molar-refractivity contribution in [1.29, 1.82) is 0 Å². The number of hydrogen-bond donors (Lipinski definition) is 1. The van der Waals surface area contributed by atoms with Crippen molar-refractivity contribution in [3.63, 3.8) is 0 Å². The van der Waals surface area contributed by atoms with Crippen molar-refractivity contribution in [3.8, 4) is 17.1 Å². The van der Waals surface area contributed by atoms with Crippen LogP contribution in [0.4, 0.5) is 0 Å². The van der Waals surface area contributed by atoms with E-state index >= 15 is 0 Å². The molecule has 1 N–H and O–H groups in total. The Bertz CT molecular complexity index is 1480. The van der Waals surface area contributed by atoms with E-state index in [1.807, 2.05) is 12.1 Å². The van der Waals surface area contributed by atoms with Gasteiger partial charge in [-0.05, 0) is 54.6 Å². The van der Waals surface area contributed by atoms with Crippen LogP contribution in [0.3, 0.4) is 0 Å². The number of ether oxygens (including phenoxy) is 2. The molecule has 0 amide bonds. The third kappa shape index (κ3) is 3.78. The summed E-state index contributed by atoms with van der Waals surface area (Å²) in [7, 11) is 1.46. The Morgan fingerprint density at radius 2 is 2.09 bits per heavy atom. The van der Waals surface area contributed by atoms with Crippen molar-refractivity contribution in [3.05, 3.63) is 68.5 Å². The van der Waals surface area contributed by atoms with E-state index in [-0.39, 0.29) is 35.5 Å². The maximum absolute atomic E-state index is 13.4. The number of rotatable bonds is 8. The standard InChI is InChI=1S/C26H23ClN2O6/c1-13(25(27)32)11-35-22-7-6-19-23-14(4-3-5-15(22)23)17-9-29-20(24(17)28-19)8-16(21(31)10-30)18(12-34-2)26(29)33/h6-8,10,21,31H,1,3-5,9,11-12H2,2H3. The molecule has 2 aliphatic rings. The fraction of sp³-hybridized carbons (Fsp3) is 0.308. The lowest BCUT2D eigenvalue weighted by atomic mass is 9.86. The first-order valence-corrected chi connectivity index (χ1v) is 11.6. The first kappa shape index (κ1) is 23.4. The predicted octanol–water partition coefficient (Wildman–Crippen LogP) is 2.99. The maximum atomic E-state index is 13.4. The molecule has 2 aromatic heterocycles. The van der Waals surface area contributed by atoms with Crippen LogP contribution in [0.5, 0.6) is 5.75 Å². The van der Waals surface area contributed by atoms with Crippen molar-refractivity contribution < 1.29 is 24.2 Å². The number of benzene rings is 1. The van der Waals surface area contributed by atoms with E-state index in [2.05, 4.69) is 6.58 Å². The van der Waals surface area contributed by atoms with Gasteiger partial charge in [0, 0.05) is 40.3 Å². The highest BCUT2D eigenvalue weighted by Crippen LogP contribution is 2.42. The van der Waals surface area contributed by atoms with Crippen LogP contribution in [0.2, 0.25) is 0 Å². The van der Waals surface area contributed by atoms with Gasteiger partial charge in [0.05, 0.1) is 30.1 Å². The molecule has 9 heteroatoms. The molecule has 1 aromatic carbocycles. The van der Waals surface area contributed by atoms with Crippen molar-refractivity contribution >= 4 is 34.0 Å². The molecule has 0 radical (unpaired) electrons. The Hall–Kier alpha value is -3.33. The highest BCUT2D eigenvalue weighted by Gasteiger charge is 2.31. The number of aliphatic hydroxyl groups excluding tert-OH is 1. The summed E-state index contributed by atoms with van der Waals surface area (Å²) in [4.78, 5) is 40.9. The Morgan fingerprint density at radius 3 is 2.80 bits per heavy atom. The largest absolute Gasteiger partial charge is 0.488 e. The predicted molar refractivity (Wildman–Crippen MR) is 130 cm³/mol. The minimum absolute atomic E-state index is 0.000507. The Balaban J connectivity index is 1.67. The van der Waals surface area contributed by atoms with Crippen LogP contribution in [-0.2, 0) is 40.3 Å². The first-order chi connectivity index (χ1) is 16.8. The minimum Gasteiger partial charge on any atom is -0.488 e. The molecule has 0 saturated carbocycles. The number of carbonyl (C=O) groups is 2. The number of methoxy groups -OCH3 is 1. The van der Waals surface area contributed by atoms with E-state index in [0.717, 1.165) is 46.9 Å². The smallest absolute Gasteiger partial charge is 0.257 e. The van der Waals surface area contributed by atoms with Gasteiger partial charge in [0.1, 0.15) is 18.5 Å². The lowest BCUT2D eigenvalue weighted by Crippen LogP contribution is -2.26. The number of nitrogens with zero attached hydrogens (tertiary/aromatic N) is 2. The van der Waals surface area contributed by atoms with Crippen LogP contribution in [-0.4, -0.2) is 39.9 Å². The number of hydrogen-bond acceptors (Lipinski definition) is 7. The van der Waals surface area contributed by atoms with Crippen LogP contribution >= 0.6 is 11.6 Å². The van der Waals surface area contributed by atoms with E-state index in [0.29, 0.717) is 30.0 Å². The molecular weight excluding hydrogens is 472 g/mol. The van der Waals surface area contributed by atoms with Gasteiger partial charge in [-0.3, -0.25) is 9.59 Å². The van der Waals surface area contributed by atoms with Crippen molar-refractivity contribution in [2.75, 3.05) is 13.7 Å². The van der Waals surface area contributed by atoms with Crippen LogP contribution in [0.1, 0.15) is 40.3 Å². The number of aryl methyl sites for hydroxylation is 2. The van der Waals surface area contributed by atoms with Crippen molar-refractivity contribution in [1.82, 2.24) is 9.55 Å². The van der Waals surface area contributed by atoms with Gasteiger partial charge in [0.2, 0.25) is 0 Å². The third-order valence-electron chi connectivity index (χ3n) is 6.70. The van der Waals surface area contributed by atoms with Gasteiger partial charge in [-0.15, -0.1) is 0 Å². The zero-order valence-electron chi connectivity index (χ0n) is 19.1. The van der Waals surface area contributed by atoms with E-state index in [4.69, 9.17) is 26.1 Å². The average Bonchev–Trinajstić information content (AvgIpc) is 3.23. The van der Waals surface area contributed by atoms with E-state index in [1.165, 1.54) is 7.11 Å². The summed E-state index contributed by atoms with van der Waals surface area (Å²) < 4.78 is 12.7. The average molecular weight is 495 g/mol. The fourth-order valence-electron chi connectivity index (χ4n) is 5.08. The van der Waals surface area contributed by atoms with Crippen LogP contribution < -0.4 is 10.3 Å². The zero-order valence-corrected chi connectivity index (χ0v) is 19.9. The fourth-order valence-corrected chi connectivity index (χ4v) is 5.13. The highest BCUT2D eigenvalue weighted by atomic mass is 35.5. The molecule has 1 atom stereocenters. The van der Waals surface area contributed by atoms with Crippen molar-refractivity contribution in [2.45, 2.75) is 38.5 Å². The molecule has 0 saturated heterocycles. The number of aliphatic hydroxyl groups is 1. The number of pyridine rings is 2. The quantitative estimate of drug-likeness (QED) is 0.228. The number of aldehydes is 1. The van der Waals surface area contributed by atoms with Gasteiger partial charge >= 0.3 is 0 Å². The summed E-state index contributed by atoms with van der Waals surface area (Å²) >= 11 is 5.49. The Labute approximate surface area is 205 Å².